The minimum absolute atomic E-state index is 0.305. The second-order valence-corrected chi connectivity index (χ2v) is 6.26. The average Bonchev–Trinajstić information content (AvgIpc) is 2.52. The van der Waals surface area contributed by atoms with E-state index in [1.165, 1.54) is 6.07 Å². The Morgan fingerprint density at radius 1 is 1.00 bits per heavy atom. The lowest BCUT2D eigenvalue weighted by molar-refractivity contribution is 0.0955. The number of halogens is 4. The number of hydrogen-bond acceptors (Lipinski definition) is 2. The molecule has 23 heavy (non-hydrogen) atoms. The summed E-state index contributed by atoms with van der Waals surface area (Å²) in [6, 6.07) is 9.71. The summed E-state index contributed by atoms with van der Waals surface area (Å²) < 4.78 is 0. The van der Waals surface area contributed by atoms with E-state index in [-0.39, 0.29) is 5.91 Å². The molecular formula is C16H12Cl4N2O. The van der Waals surface area contributed by atoms with E-state index in [9.17, 15) is 4.79 Å². The van der Waals surface area contributed by atoms with Gasteiger partial charge in [0.25, 0.3) is 5.91 Å². The zero-order valence-electron chi connectivity index (χ0n) is 12.0. The minimum Gasteiger partial charge on any atom is -0.267 e. The number of nitrogens with one attached hydrogen (secondary N) is 1. The highest BCUT2D eigenvalue weighted by Crippen LogP contribution is 2.23. The first-order chi connectivity index (χ1) is 10.9. The molecule has 3 nitrogen and oxygen atoms in total. The van der Waals surface area contributed by atoms with Crippen LogP contribution >= 0.6 is 46.4 Å². The molecule has 0 heterocycles. The molecule has 2 aromatic carbocycles. The Bertz CT molecular complexity index is 775. The number of benzene rings is 2. The van der Waals surface area contributed by atoms with Crippen LogP contribution in [0.4, 0.5) is 0 Å². The standard InChI is InChI=1S/C16H12Cl4N2O/c1-2-15(11-5-4-10(17)8-13(11)19)21-22-16(23)9-3-6-12(18)14(20)7-9/h3-8H,2H2,1H3,(H,22,23)/b21-15+. The Kier molecular flexibility index (Phi) is 6.31. The second-order valence-electron chi connectivity index (χ2n) is 4.61. The predicted octanol–water partition coefficient (Wildman–Crippen LogP) is 5.84. The van der Waals surface area contributed by atoms with E-state index in [0.717, 1.165) is 0 Å². The molecule has 0 aliphatic carbocycles. The van der Waals surface area contributed by atoms with Crippen molar-refractivity contribution in [3.63, 3.8) is 0 Å². The average molecular weight is 390 g/mol. The van der Waals surface area contributed by atoms with Gasteiger partial charge in [-0.3, -0.25) is 4.79 Å². The molecule has 0 atom stereocenters. The van der Waals surface area contributed by atoms with E-state index in [1.807, 2.05) is 6.92 Å². The molecule has 0 saturated heterocycles. The van der Waals surface area contributed by atoms with Crippen molar-refractivity contribution in [1.82, 2.24) is 5.43 Å². The number of carbonyl (C=O) groups is 1. The Morgan fingerprint density at radius 3 is 2.35 bits per heavy atom. The van der Waals surface area contributed by atoms with Crippen molar-refractivity contribution >= 4 is 58.0 Å². The zero-order valence-corrected chi connectivity index (χ0v) is 15.1. The first-order valence-electron chi connectivity index (χ1n) is 6.69. The van der Waals surface area contributed by atoms with Gasteiger partial charge in [0.1, 0.15) is 0 Å². The topological polar surface area (TPSA) is 41.5 Å². The van der Waals surface area contributed by atoms with Crippen molar-refractivity contribution in [2.24, 2.45) is 5.10 Å². The molecule has 2 rings (SSSR count). The van der Waals surface area contributed by atoms with Crippen LogP contribution in [-0.4, -0.2) is 11.6 Å². The molecule has 0 aliphatic rings. The molecule has 0 saturated carbocycles. The van der Waals surface area contributed by atoms with Crippen molar-refractivity contribution in [3.05, 3.63) is 67.6 Å². The second kappa shape index (κ2) is 8.02. The van der Waals surface area contributed by atoms with Crippen LogP contribution in [0.5, 0.6) is 0 Å². The summed E-state index contributed by atoms with van der Waals surface area (Å²) in [7, 11) is 0. The highest BCUT2D eigenvalue weighted by Gasteiger charge is 2.10. The van der Waals surface area contributed by atoms with E-state index in [4.69, 9.17) is 46.4 Å². The highest BCUT2D eigenvalue weighted by molar-refractivity contribution is 6.42. The lowest BCUT2D eigenvalue weighted by atomic mass is 10.1. The van der Waals surface area contributed by atoms with E-state index < -0.39 is 0 Å². The number of hydrazone groups is 1. The number of nitrogens with zero attached hydrogens (tertiary/aromatic N) is 1. The monoisotopic (exact) mass is 388 g/mol. The lowest BCUT2D eigenvalue weighted by Gasteiger charge is -2.08. The molecule has 1 amide bonds. The van der Waals surface area contributed by atoms with Crippen LogP contribution in [0.25, 0.3) is 0 Å². The molecule has 2 aromatic rings. The minimum atomic E-state index is -0.389. The molecule has 0 aromatic heterocycles. The molecule has 0 radical (unpaired) electrons. The van der Waals surface area contributed by atoms with Crippen LogP contribution in [0.3, 0.4) is 0 Å². The largest absolute Gasteiger partial charge is 0.271 e. The Balaban J connectivity index is 2.21. The van der Waals surface area contributed by atoms with Crippen molar-refractivity contribution in [1.29, 1.82) is 0 Å². The fourth-order valence-electron chi connectivity index (χ4n) is 1.87. The quantitative estimate of drug-likeness (QED) is 0.517. The van der Waals surface area contributed by atoms with Crippen LogP contribution in [0.1, 0.15) is 29.3 Å². The van der Waals surface area contributed by atoms with Gasteiger partial charge in [-0.05, 0) is 36.8 Å². The molecule has 0 bridgehead atoms. The first kappa shape index (κ1) is 18.1. The zero-order chi connectivity index (χ0) is 17.0. The van der Waals surface area contributed by atoms with Gasteiger partial charge in [0.2, 0.25) is 0 Å². The molecule has 0 spiro atoms. The van der Waals surface area contributed by atoms with Crippen molar-refractivity contribution < 1.29 is 4.79 Å². The fraction of sp³-hybridized carbons (Fsp3) is 0.125. The summed E-state index contributed by atoms with van der Waals surface area (Å²) in [5.41, 5.74) is 4.21. The third kappa shape index (κ3) is 4.61. The van der Waals surface area contributed by atoms with Crippen LogP contribution in [0, 0.1) is 0 Å². The Morgan fingerprint density at radius 2 is 1.74 bits per heavy atom. The molecule has 0 unspecified atom stereocenters. The van der Waals surface area contributed by atoms with Gasteiger partial charge in [0, 0.05) is 16.1 Å². The van der Waals surface area contributed by atoms with E-state index in [0.29, 0.717) is 43.3 Å². The molecule has 1 N–H and O–H groups in total. The summed E-state index contributed by atoms with van der Waals surface area (Å²) in [6.07, 6.45) is 0.586. The summed E-state index contributed by atoms with van der Waals surface area (Å²) >= 11 is 23.8. The normalized spacial score (nSPS) is 11.4. The predicted molar refractivity (Wildman–Crippen MR) is 97.2 cm³/mol. The maximum atomic E-state index is 12.1. The summed E-state index contributed by atoms with van der Waals surface area (Å²) in [4.78, 5) is 12.1. The van der Waals surface area contributed by atoms with Crippen molar-refractivity contribution in [2.45, 2.75) is 13.3 Å². The first-order valence-corrected chi connectivity index (χ1v) is 8.21. The van der Waals surface area contributed by atoms with E-state index in [2.05, 4.69) is 10.5 Å². The van der Waals surface area contributed by atoms with Crippen LogP contribution < -0.4 is 5.43 Å². The number of hydrogen-bond donors (Lipinski definition) is 1. The van der Waals surface area contributed by atoms with Crippen molar-refractivity contribution in [3.8, 4) is 0 Å². The summed E-state index contributed by atoms with van der Waals surface area (Å²) in [5.74, 6) is -0.389. The third-order valence-electron chi connectivity index (χ3n) is 3.05. The van der Waals surface area contributed by atoms with Crippen LogP contribution in [0.2, 0.25) is 20.1 Å². The Labute approximate surface area is 154 Å². The highest BCUT2D eigenvalue weighted by atomic mass is 35.5. The van der Waals surface area contributed by atoms with Gasteiger partial charge in [0.15, 0.2) is 0 Å². The smallest absolute Gasteiger partial charge is 0.267 e. The van der Waals surface area contributed by atoms with E-state index in [1.54, 1.807) is 30.3 Å². The molecule has 120 valence electrons. The van der Waals surface area contributed by atoms with Crippen LogP contribution in [0.15, 0.2) is 41.5 Å². The summed E-state index contributed by atoms with van der Waals surface area (Å²) in [5, 5.41) is 5.84. The maximum Gasteiger partial charge on any atom is 0.271 e. The van der Waals surface area contributed by atoms with Gasteiger partial charge < -0.3 is 0 Å². The van der Waals surface area contributed by atoms with E-state index >= 15 is 0 Å². The van der Waals surface area contributed by atoms with Crippen LogP contribution in [-0.2, 0) is 0 Å². The number of carbonyl (C=O) groups excluding carboxylic acids is 1. The van der Waals surface area contributed by atoms with Gasteiger partial charge >= 0.3 is 0 Å². The SMILES string of the molecule is CC/C(=N\NC(=O)c1ccc(Cl)c(Cl)c1)c1ccc(Cl)cc1Cl. The van der Waals surface area contributed by atoms with Crippen molar-refractivity contribution in [2.75, 3.05) is 0 Å². The maximum absolute atomic E-state index is 12.1. The Hall–Kier alpha value is -1.26. The van der Waals surface area contributed by atoms with Gasteiger partial charge in [-0.25, -0.2) is 5.43 Å². The third-order valence-corrected chi connectivity index (χ3v) is 4.34. The van der Waals surface area contributed by atoms with Gasteiger partial charge in [-0.1, -0.05) is 59.4 Å². The molecular weight excluding hydrogens is 378 g/mol. The van der Waals surface area contributed by atoms with Gasteiger partial charge in [-0.15, -0.1) is 0 Å². The molecule has 7 heteroatoms. The van der Waals surface area contributed by atoms with Gasteiger partial charge in [0.05, 0.1) is 20.8 Å². The molecule has 0 aliphatic heterocycles. The van der Waals surface area contributed by atoms with Gasteiger partial charge in [-0.2, -0.15) is 5.10 Å². The lowest BCUT2D eigenvalue weighted by Crippen LogP contribution is -2.20. The number of rotatable bonds is 4. The number of amides is 1. The fourth-order valence-corrected chi connectivity index (χ4v) is 2.69. The molecule has 0 fully saturated rings. The summed E-state index contributed by atoms with van der Waals surface area (Å²) in [6.45, 7) is 1.91.